The van der Waals surface area contributed by atoms with E-state index in [9.17, 15) is 13.6 Å². The monoisotopic (exact) mass is 554 g/mol. The van der Waals surface area contributed by atoms with Crippen molar-refractivity contribution in [1.82, 2.24) is 29.3 Å². The zero-order valence-corrected chi connectivity index (χ0v) is 23.1. The number of carbonyl (C=O) groups excluding carboxylic acids is 1. The van der Waals surface area contributed by atoms with Gasteiger partial charge in [-0.05, 0) is 37.6 Å². The number of nitrogens with one attached hydrogen (secondary N) is 1. The molecule has 0 atom stereocenters. The molecule has 4 aromatic rings. The number of anilines is 2. The molecule has 1 fully saturated rings. The zero-order valence-electron chi connectivity index (χ0n) is 23.1. The molecule has 0 bridgehead atoms. The number of rotatable bonds is 8. The number of nitrogens with zero attached hydrogens (tertiary/aromatic N) is 7. The molecule has 0 saturated carbocycles. The molecule has 1 aliphatic rings. The van der Waals surface area contributed by atoms with Gasteiger partial charge in [-0.2, -0.15) is 23.5 Å². The normalized spacial score (nSPS) is 13.8. The van der Waals surface area contributed by atoms with Gasteiger partial charge in [0.05, 0.1) is 30.7 Å². The number of piperazine rings is 1. The van der Waals surface area contributed by atoms with E-state index in [0.717, 1.165) is 17.2 Å². The van der Waals surface area contributed by atoms with Gasteiger partial charge in [-0.25, -0.2) is 4.98 Å². The van der Waals surface area contributed by atoms with Gasteiger partial charge in [-0.3, -0.25) is 9.48 Å². The molecule has 11 nitrogen and oxygen atoms in total. The Labute approximate surface area is 230 Å². The summed E-state index contributed by atoms with van der Waals surface area (Å²) in [5.74, 6) is 1.60. The molecule has 4 heterocycles. The molecule has 0 radical (unpaired) electrons. The Morgan fingerprint density at radius 1 is 1.07 bits per heavy atom. The van der Waals surface area contributed by atoms with Crippen molar-refractivity contribution in [3.8, 4) is 22.6 Å². The van der Waals surface area contributed by atoms with Crippen LogP contribution in [0.25, 0.3) is 16.8 Å². The van der Waals surface area contributed by atoms with Crippen LogP contribution in [0.15, 0.2) is 30.3 Å². The van der Waals surface area contributed by atoms with E-state index < -0.39 is 6.61 Å². The van der Waals surface area contributed by atoms with Crippen LogP contribution in [0.4, 0.5) is 20.4 Å². The maximum Gasteiger partial charge on any atom is 0.387 e. The number of aromatic nitrogens is 5. The maximum absolute atomic E-state index is 13.1. The first-order valence-electron chi connectivity index (χ1n) is 12.9. The van der Waals surface area contributed by atoms with E-state index in [2.05, 4.69) is 15.3 Å². The van der Waals surface area contributed by atoms with Gasteiger partial charge in [-0.1, -0.05) is 6.07 Å². The number of hydrogen-bond donors (Lipinski definition) is 1. The fourth-order valence-electron chi connectivity index (χ4n) is 5.02. The number of benzene rings is 1. The van der Waals surface area contributed by atoms with Gasteiger partial charge in [0.25, 0.3) is 0 Å². The Morgan fingerprint density at radius 2 is 1.82 bits per heavy atom. The Morgan fingerprint density at radius 3 is 2.45 bits per heavy atom. The summed E-state index contributed by atoms with van der Waals surface area (Å²) < 4.78 is 39.8. The molecule has 212 valence electrons. The van der Waals surface area contributed by atoms with Crippen LogP contribution >= 0.6 is 0 Å². The lowest BCUT2D eigenvalue weighted by Gasteiger charge is -2.35. The Balaban J connectivity index is 1.60. The van der Waals surface area contributed by atoms with Crippen LogP contribution in [-0.2, 0) is 18.4 Å². The number of aryl methyl sites for hydroxylation is 3. The van der Waals surface area contributed by atoms with Crippen LogP contribution in [0.2, 0.25) is 0 Å². The van der Waals surface area contributed by atoms with Crippen molar-refractivity contribution < 1.29 is 23.0 Å². The van der Waals surface area contributed by atoms with Crippen LogP contribution in [-0.4, -0.2) is 75.1 Å². The third-order valence-corrected chi connectivity index (χ3v) is 7.02. The molecule has 1 aliphatic heterocycles. The van der Waals surface area contributed by atoms with Gasteiger partial charge in [0.1, 0.15) is 11.6 Å². The third-order valence-electron chi connectivity index (χ3n) is 7.02. The van der Waals surface area contributed by atoms with Crippen LogP contribution < -0.4 is 19.7 Å². The Hall–Kier alpha value is -4.42. The molecule has 1 saturated heterocycles. The minimum Gasteiger partial charge on any atom is -0.493 e. The second-order valence-corrected chi connectivity index (χ2v) is 9.69. The Bertz CT molecular complexity index is 1540. The van der Waals surface area contributed by atoms with Crippen LogP contribution in [0.1, 0.15) is 24.0 Å². The van der Waals surface area contributed by atoms with Gasteiger partial charge >= 0.3 is 6.61 Å². The van der Waals surface area contributed by atoms with E-state index in [1.165, 1.54) is 13.2 Å². The molecular weight excluding hydrogens is 522 g/mol. The molecule has 40 heavy (non-hydrogen) atoms. The number of amides is 1. The largest absolute Gasteiger partial charge is 0.493 e. The number of fused-ring (bicyclic) bond motifs is 1. The maximum atomic E-state index is 13.1. The lowest BCUT2D eigenvalue weighted by Crippen LogP contribution is -2.48. The number of alkyl halides is 2. The smallest absolute Gasteiger partial charge is 0.387 e. The molecule has 3 aromatic heterocycles. The van der Waals surface area contributed by atoms with E-state index in [-0.39, 0.29) is 17.4 Å². The number of carbonyl (C=O) groups is 1. The van der Waals surface area contributed by atoms with Gasteiger partial charge in [0.15, 0.2) is 17.1 Å². The number of methoxy groups -OCH3 is 1. The second kappa shape index (κ2) is 11.0. The summed E-state index contributed by atoms with van der Waals surface area (Å²) in [5.41, 5.74) is 4.43. The molecule has 0 aliphatic carbocycles. The minimum absolute atomic E-state index is 0.0481. The first-order valence-corrected chi connectivity index (χ1v) is 12.9. The molecule has 1 aromatic carbocycles. The van der Waals surface area contributed by atoms with E-state index >= 15 is 0 Å². The lowest BCUT2D eigenvalue weighted by atomic mass is 10.1. The zero-order chi connectivity index (χ0) is 28.6. The van der Waals surface area contributed by atoms with Crippen molar-refractivity contribution in [2.75, 3.05) is 43.5 Å². The highest BCUT2D eigenvalue weighted by atomic mass is 19.3. The Kier molecular flexibility index (Phi) is 7.46. The van der Waals surface area contributed by atoms with Crippen LogP contribution in [0.3, 0.4) is 0 Å². The minimum atomic E-state index is -3.00. The summed E-state index contributed by atoms with van der Waals surface area (Å²) in [4.78, 5) is 20.8. The van der Waals surface area contributed by atoms with E-state index in [1.54, 1.807) is 23.6 Å². The van der Waals surface area contributed by atoms with Crippen molar-refractivity contribution in [3.63, 3.8) is 0 Å². The average molecular weight is 555 g/mol. The summed E-state index contributed by atoms with van der Waals surface area (Å²) >= 11 is 0. The van der Waals surface area contributed by atoms with Gasteiger partial charge < -0.3 is 24.6 Å². The molecule has 0 unspecified atom stereocenters. The number of hydrogen-bond acceptors (Lipinski definition) is 8. The molecule has 1 amide bonds. The van der Waals surface area contributed by atoms with Gasteiger partial charge in [-0.15, -0.1) is 0 Å². The third kappa shape index (κ3) is 5.36. The summed E-state index contributed by atoms with van der Waals surface area (Å²) in [6.45, 7) is 5.30. The van der Waals surface area contributed by atoms with Crippen molar-refractivity contribution in [1.29, 1.82) is 0 Å². The number of ether oxygens (including phenoxy) is 2. The van der Waals surface area contributed by atoms with Crippen molar-refractivity contribution in [2.45, 2.75) is 33.9 Å². The standard InChI is InChI=1S/C27H32F2N8O3/c1-16-12-20(34(4)32-16)15-30-23-14-24(36-10-8-35(9-11-36)18(3)38)31-26-25(17(2)33-37(23)26)19-6-7-21(39-5)22(13-19)40-27(28)29/h6-7,12-14,27,30H,8-11,15H2,1-5H3. The average Bonchev–Trinajstić information content (AvgIpc) is 3.43. The first-order chi connectivity index (χ1) is 19.1. The van der Waals surface area contributed by atoms with Gasteiger partial charge in [0.2, 0.25) is 5.91 Å². The first kappa shape index (κ1) is 27.2. The highest BCUT2D eigenvalue weighted by Gasteiger charge is 2.24. The van der Waals surface area contributed by atoms with Crippen LogP contribution in [0, 0.1) is 13.8 Å². The quantitative estimate of drug-likeness (QED) is 0.352. The van der Waals surface area contributed by atoms with E-state index in [4.69, 9.17) is 19.6 Å². The highest BCUT2D eigenvalue weighted by Crippen LogP contribution is 2.37. The van der Waals surface area contributed by atoms with E-state index in [1.807, 2.05) is 42.6 Å². The van der Waals surface area contributed by atoms with Crippen molar-refractivity contribution in [3.05, 3.63) is 47.4 Å². The fraction of sp³-hybridized carbons (Fsp3) is 0.407. The molecule has 0 spiro atoms. The topological polar surface area (TPSA) is 102 Å². The molecule has 1 N–H and O–H groups in total. The summed E-state index contributed by atoms with van der Waals surface area (Å²) in [5, 5.41) is 12.7. The SMILES string of the molecule is COc1ccc(-c2c(C)nn3c(NCc4cc(C)nn4C)cc(N4CCN(C(C)=O)CC4)nc23)cc1OC(F)F. The lowest BCUT2D eigenvalue weighted by molar-refractivity contribution is -0.129. The van der Waals surface area contributed by atoms with Crippen molar-refractivity contribution >= 4 is 23.2 Å². The molecular formula is C27H32F2N8O3. The number of halogens is 2. The molecule has 13 heteroatoms. The van der Waals surface area contributed by atoms with E-state index in [0.29, 0.717) is 61.0 Å². The molecule has 5 rings (SSSR count). The fourth-order valence-corrected chi connectivity index (χ4v) is 5.02. The van der Waals surface area contributed by atoms with Crippen LogP contribution in [0.5, 0.6) is 11.5 Å². The highest BCUT2D eigenvalue weighted by molar-refractivity contribution is 5.83. The summed E-state index contributed by atoms with van der Waals surface area (Å²) in [6.07, 6.45) is 0. The van der Waals surface area contributed by atoms with Gasteiger partial charge in [0, 0.05) is 51.8 Å². The predicted octanol–water partition coefficient (Wildman–Crippen LogP) is 3.64. The predicted molar refractivity (Wildman–Crippen MR) is 146 cm³/mol. The second-order valence-electron chi connectivity index (χ2n) is 9.69. The summed E-state index contributed by atoms with van der Waals surface area (Å²) in [7, 11) is 3.29. The van der Waals surface area contributed by atoms with Crippen molar-refractivity contribution in [2.24, 2.45) is 7.05 Å². The summed E-state index contributed by atoms with van der Waals surface area (Å²) in [6, 6.07) is 8.82.